The summed E-state index contributed by atoms with van der Waals surface area (Å²) in [7, 11) is 1.84. The van der Waals surface area contributed by atoms with Gasteiger partial charge in [-0.05, 0) is 12.1 Å². The van der Waals surface area contributed by atoms with Crippen LogP contribution in [0.4, 0.5) is 5.82 Å². The first-order valence-corrected chi connectivity index (χ1v) is 7.58. The van der Waals surface area contributed by atoms with E-state index in [1.165, 1.54) is 6.33 Å². The SMILES string of the molecule is Cn1nc(-c2cccc3c2oc2ccccc23)c2c(N)ncnc21. The van der Waals surface area contributed by atoms with Crippen molar-refractivity contribution in [1.29, 1.82) is 0 Å². The molecule has 3 aromatic heterocycles. The Kier molecular flexibility index (Phi) is 2.48. The molecule has 0 aliphatic heterocycles. The van der Waals surface area contributed by atoms with E-state index in [2.05, 4.69) is 27.2 Å². The van der Waals surface area contributed by atoms with Gasteiger partial charge in [0.1, 0.15) is 29.0 Å². The molecule has 5 rings (SSSR count). The van der Waals surface area contributed by atoms with Gasteiger partial charge in [0, 0.05) is 23.4 Å². The number of nitrogens with zero attached hydrogens (tertiary/aromatic N) is 4. The van der Waals surface area contributed by atoms with Gasteiger partial charge in [0.25, 0.3) is 0 Å². The quantitative estimate of drug-likeness (QED) is 0.512. The highest BCUT2D eigenvalue weighted by Crippen LogP contribution is 2.38. The van der Waals surface area contributed by atoms with E-state index in [-0.39, 0.29) is 0 Å². The molecule has 6 nitrogen and oxygen atoms in total. The summed E-state index contributed by atoms with van der Waals surface area (Å²) in [6.07, 6.45) is 1.45. The Hall–Kier alpha value is -3.41. The fourth-order valence-corrected chi connectivity index (χ4v) is 3.23. The van der Waals surface area contributed by atoms with Crippen LogP contribution in [-0.2, 0) is 7.05 Å². The Labute approximate surface area is 136 Å². The van der Waals surface area contributed by atoms with Crippen LogP contribution >= 0.6 is 0 Å². The van der Waals surface area contributed by atoms with E-state index < -0.39 is 0 Å². The third-order valence-electron chi connectivity index (χ3n) is 4.31. The Morgan fingerprint density at radius 2 is 1.83 bits per heavy atom. The molecule has 2 N–H and O–H groups in total. The van der Waals surface area contributed by atoms with Crippen molar-refractivity contribution in [3.05, 3.63) is 48.8 Å². The van der Waals surface area contributed by atoms with Crippen molar-refractivity contribution in [1.82, 2.24) is 19.7 Å². The van der Waals surface area contributed by atoms with Crippen molar-refractivity contribution >= 4 is 38.8 Å². The molecule has 116 valence electrons. The van der Waals surface area contributed by atoms with E-state index in [4.69, 9.17) is 10.2 Å². The molecule has 5 aromatic rings. The number of hydrogen-bond donors (Lipinski definition) is 1. The summed E-state index contributed by atoms with van der Waals surface area (Å²) in [6, 6.07) is 14.0. The summed E-state index contributed by atoms with van der Waals surface area (Å²) < 4.78 is 7.82. The normalized spacial score (nSPS) is 11.7. The largest absolute Gasteiger partial charge is 0.455 e. The summed E-state index contributed by atoms with van der Waals surface area (Å²) in [5.74, 6) is 0.413. The zero-order valence-electron chi connectivity index (χ0n) is 12.9. The second kappa shape index (κ2) is 4.55. The van der Waals surface area contributed by atoms with Crippen LogP contribution in [0.2, 0.25) is 0 Å². The van der Waals surface area contributed by atoms with E-state index in [9.17, 15) is 0 Å². The molecule has 0 amide bonds. The van der Waals surface area contributed by atoms with Crippen LogP contribution in [0, 0.1) is 0 Å². The maximum absolute atomic E-state index is 6.11. The topological polar surface area (TPSA) is 82.8 Å². The second-order valence-corrected chi connectivity index (χ2v) is 5.71. The molecule has 0 fully saturated rings. The molecule has 0 saturated carbocycles. The van der Waals surface area contributed by atoms with Crippen LogP contribution < -0.4 is 5.73 Å². The lowest BCUT2D eigenvalue weighted by Gasteiger charge is -2.00. The predicted molar refractivity (Wildman–Crippen MR) is 93.4 cm³/mol. The minimum atomic E-state index is 0.413. The fraction of sp³-hybridized carbons (Fsp3) is 0.0556. The van der Waals surface area contributed by atoms with E-state index in [1.54, 1.807) is 4.68 Å². The predicted octanol–water partition coefficient (Wildman–Crippen LogP) is 3.51. The van der Waals surface area contributed by atoms with Crippen LogP contribution in [0.3, 0.4) is 0 Å². The highest BCUT2D eigenvalue weighted by Gasteiger charge is 2.19. The maximum Gasteiger partial charge on any atom is 0.163 e. The number of aryl methyl sites for hydroxylation is 1. The van der Waals surface area contributed by atoms with E-state index in [0.29, 0.717) is 11.5 Å². The molecule has 0 aliphatic rings. The van der Waals surface area contributed by atoms with Crippen molar-refractivity contribution in [2.24, 2.45) is 7.05 Å². The van der Waals surface area contributed by atoms with Crippen molar-refractivity contribution < 1.29 is 4.42 Å². The smallest absolute Gasteiger partial charge is 0.163 e. The summed E-state index contributed by atoms with van der Waals surface area (Å²) >= 11 is 0. The zero-order chi connectivity index (χ0) is 16.3. The minimum absolute atomic E-state index is 0.413. The monoisotopic (exact) mass is 315 g/mol. The van der Waals surface area contributed by atoms with Gasteiger partial charge in [-0.1, -0.05) is 30.3 Å². The summed E-state index contributed by atoms with van der Waals surface area (Å²) in [6.45, 7) is 0. The van der Waals surface area contributed by atoms with Crippen molar-refractivity contribution in [3.8, 4) is 11.3 Å². The Morgan fingerprint density at radius 3 is 2.75 bits per heavy atom. The molecule has 0 aliphatic carbocycles. The molecular weight excluding hydrogens is 302 g/mol. The molecule has 3 heterocycles. The molecule has 24 heavy (non-hydrogen) atoms. The number of nitrogen functional groups attached to an aromatic ring is 1. The number of nitrogens with two attached hydrogens (primary N) is 1. The van der Waals surface area contributed by atoms with Gasteiger partial charge < -0.3 is 10.2 Å². The van der Waals surface area contributed by atoms with Gasteiger partial charge >= 0.3 is 0 Å². The lowest BCUT2D eigenvalue weighted by molar-refractivity contribution is 0.669. The first kappa shape index (κ1) is 13.1. The second-order valence-electron chi connectivity index (χ2n) is 5.71. The number of anilines is 1. The van der Waals surface area contributed by atoms with Crippen molar-refractivity contribution in [2.75, 3.05) is 5.73 Å². The lowest BCUT2D eigenvalue weighted by Crippen LogP contribution is -1.95. The molecule has 0 unspecified atom stereocenters. The van der Waals surface area contributed by atoms with Gasteiger partial charge in [-0.15, -0.1) is 0 Å². The summed E-state index contributed by atoms with van der Waals surface area (Å²) in [5.41, 5.74) is 10.1. The standard InChI is InChI=1S/C18H13N5O/c1-23-18-14(17(19)20-9-21-18)15(22-23)12-7-4-6-11-10-5-2-3-8-13(10)24-16(11)12/h2-9H,1H3,(H2,19,20,21). The number of benzene rings is 2. The highest BCUT2D eigenvalue weighted by atomic mass is 16.3. The third kappa shape index (κ3) is 1.62. The Balaban J connectivity index is 1.94. The molecular formula is C18H13N5O. The average Bonchev–Trinajstić information content (AvgIpc) is 3.14. The maximum atomic E-state index is 6.11. The Morgan fingerprint density at radius 1 is 1.00 bits per heavy atom. The van der Waals surface area contributed by atoms with E-state index >= 15 is 0 Å². The highest BCUT2D eigenvalue weighted by molar-refractivity contribution is 6.12. The van der Waals surface area contributed by atoms with Crippen LogP contribution in [0.25, 0.3) is 44.2 Å². The van der Waals surface area contributed by atoms with Crippen molar-refractivity contribution in [3.63, 3.8) is 0 Å². The fourth-order valence-electron chi connectivity index (χ4n) is 3.23. The summed E-state index contributed by atoms with van der Waals surface area (Å²) in [5, 5.41) is 7.49. The molecule has 0 bridgehead atoms. The minimum Gasteiger partial charge on any atom is -0.455 e. The number of hydrogen-bond acceptors (Lipinski definition) is 5. The van der Waals surface area contributed by atoms with Crippen molar-refractivity contribution in [2.45, 2.75) is 0 Å². The molecule has 2 aromatic carbocycles. The van der Waals surface area contributed by atoms with E-state index in [0.717, 1.165) is 38.6 Å². The molecule has 0 spiro atoms. The van der Waals surface area contributed by atoms with E-state index in [1.807, 2.05) is 37.4 Å². The summed E-state index contributed by atoms with van der Waals surface area (Å²) in [4.78, 5) is 8.40. The van der Waals surface area contributed by atoms with Crippen LogP contribution in [0.5, 0.6) is 0 Å². The van der Waals surface area contributed by atoms with Gasteiger partial charge in [-0.2, -0.15) is 5.10 Å². The van der Waals surface area contributed by atoms with Crippen LogP contribution in [0.1, 0.15) is 0 Å². The van der Waals surface area contributed by atoms with Gasteiger partial charge in [0.05, 0.1) is 5.39 Å². The molecule has 0 atom stereocenters. The molecule has 0 radical (unpaired) electrons. The first-order valence-electron chi connectivity index (χ1n) is 7.58. The first-order chi connectivity index (χ1) is 11.7. The number of rotatable bonds is 1. The average molecular weight is 315 g/mol. The van der Waals surface area contributed by atoms with Gasteiger partial charge in [0.2, 0.25) is 0 Å². The van der Waals surface area contributed by atoms with Gasteiger partial charge in [-0.3, -0.25) is 0 Å². The number of para-hydroxylation sites is 2. The number of aromatic nitrogens is 4. The Bertz CT molecular complexity index is 1230. The van der Waals surface area contributed by atoms with Crippen LogP contribution in [-0.4, -0.2) is 19.7 Å². The van der Waals surface area contributed by atoms with Gasteiger partial charge in [-0.25, -0.2) is 14.6 Å². The molecule has 0 saturated heterocycles. The molecule has 6 heteroatoms. The van der Waals surface area contributed by atoms with Gasteiger partial charge in [0.15, 0.2) is 5.65 Å². The number of fused-ring (bicyclic) bond motifs is 4. The zero-order valence-corrected chi connectivity index (χ0v) is 12.9. The third-order valence-corrected chi connectivity index (χ3v) is 4.31. The van der Waals surface area contributed by atoms with Crippen LogP contribution in [0.15, 0.2) is 53.2 Å². The lowest BCUT2D eigenvalue weighted by atomic mass is 10.1. The number of furan rings is 1.